The first kappa shape index (κ1) is 12.6. The Kier molecular flexibility index (Phi) is 5.06. The van der Waals surface area contributed by atoms with Crippen LogP contribution < -0.4 is 0 Å². The predicted octanol–water partition coefficient (Wildman–Crippen LogP) is 5.08. The molecule has 0 fully saturated rings. The highest BCUT2D eigenvalue weighted by molar-refractivity contribution is 9.09. The minimum atomic E-state index is 0.566. The molecule has 0 nitrogen and oxygen atoms in total. The molecule has 2 atom stereocenters. The average Bonchev–Trinajstić information content (AvgIpc) is 2.41. The van der Waals surface area contributed by atoms with Gasteiger partial charge in [-0.15, -0.1) is 0 Å². The van der Waals surface area contributed by atoms with Crippen LogP contribution in [0, 0.1) is 5.92 Å². The monoisotopic (exact) mass is 290 g/mol. The van der Waals surface area contributed by atoms with Crippen molar-refractivity contribution < 1.29 is 0 Å². The lowest BCUT2D eigenvalue weighted by Gasteiger charge is -2.24. The molecule has 0 aliphatic heterocycles. The number of hydrogen-bond acceptors (Lipinski definition) is 0. The summed E-state index contributed by atoms with van der Waals surface area (Å²) in [6, 6.07) is 10.8. The summed E-state index contributed by atoms with van der Waals surface area (Å²) in [7, 11) is 0. The summed E-state index contributed by atoms with van der Waals surface area (Å²) in [5, 5.41) is 1.12. The highest BCUT2D eigenvalue weighted by Gasteiger charge is 2.19. The number of unbranched alkanes of at least 4 members (excludes halogenated alkanes) is 1. The van der Waals surface area contributed by atoms with Gasteiger partial charge in [0.05, 0.1) is 0 Å². The molecule has 0 radical (unpaired) electrons. The molecule has 17 heavy (non-hydrogen) atoms. The SMILES string of the molecule is BrCCCCC1C=CC=CC1c1ccccc1. The molecule has 0 saturated carbocycles. The van der Waals surface area contributed by atoms with Gasteiger partial charge in [0.25, 0.3) is 0 Å². The van der Waals surface area contributed by atoms with E-state index in [-0.39, 0.29) is 0 Å². The Labute approximate surface area is 113 Å². The summed E-state index contributed by atoms with van der Waals surface area (Å²) in [4.78, 5) is 0. The van der Waals surface area contributed by atoms with Crippen LogP contribution >= 0.6 is 15.9 Å². The first-order valence-corrected chi connectivity index (χ1v) is 7.50. The first-order valence-electron chi connectivity index (χ1n) is 6.37. The van der Waals surface area contributed by atoms with Gasteiger partial charge in [-0.2, -0.15) is 0 Å². The van der Waals surface area contributed by atoms with E-state index in [2.05, 4.69) is 70.6 Å². The smallest absolute Gasteiger partial charge is 0.00840 e. The lowest BCUT2D eigenvalue weighted by atomic mass is 9.80. The fourth-order valence-corrected chi connectivity index (χ4v) is 2.83. The molecule has 0 amide bonds. The summed E-state index contributed by atoms with van der Waals surface area (Å²) in [5.74, 6) is 1.23. The van der Waals surface area contributed by atoms with Gasteiger partial charge in [-0.1, -0.05) is 77.0 Å². The molecule has 2 unspecified atom stereocenters. The van der Waals surface area contributed by atoms with E-state index in [0.717, 1.165) is 5.33 Å². The highest BCUT2D eigenvalue weighted by Crippen LogP contribution is 2.33. The van der Waals surface area contributed by atoms with Crippen molar-refractivity contribution in [3.63, 3.8) is 0 Å². The average molecular weight is 291 g/mol. The van der Waals surface area contributed by atoms with E-state index in [0.29, 0.717) is 11.8 Å². The fraction of sp³-hybridized carbons (Fsp3) is 0.375. The Hall–Kier alpha value is -0.820. The van der Waals surface area contributed by atoms with Gasteiger partial charge in [-0.05, 0) is 24.3 Å². The standard InChI is InChI=1S/C16H19Br/c17-13-7-6-11-15-10-4-5-12-16(15)14-8-2-1-3-9-14/h1-5,8-10,12,15-16H,6-7,11,13H2. The van der Waals surface area contributed by atoms with Crippen molar-refractivity contribution in [3.8, 4) is 0 Å². The maximum Gasteiger partial charge on any atom is 0.00840 e. The zero-order valence-corrected chi connectivity index (χ0v) is 11.6. The van der Waals surface area contributed by atoms with Crippen molar-refractivity contribution in [1.82, 2.24) is 0 Å². The van der Waals surface area contributed by atoms with E-state index >= 15 is 0 Å². The molecular weight excluding hydrogens is 272 g/mol. The van der Waals surface area contributed by atoms with Crippen LogP contribution in [-0.2, 0) is 0 Å². The van der Waals surface area contributed by atoms with Crippen LogP contribution in [0.5, 0.6) is 0 Å². The van der Waals surface area contributed by atoms with E-state index in [1.807, 2.05) is 0 Å². The van der Waals surface area contributed by atoms with Crippen molar-refractivity contribution in [2.24, 2.45) is 5.92 Å². The van der Waals surface area contributed by atoms with Crippen LogP contribution in [0.4, 0.5) is 0 Å². The molecule has 0 N–H and O–H groups in total. The van der Waals surface area contributed by atoms with Gasteiger partial charge >= 0.3 is 0 Å². The largest absolute Gasteiger partial charge is 0.0928 e. The molecular formula is C16H19Br. The molecule has 1 aromatic carbocycles. The quantitative estimate of drug-likeness (QED) is 0.524. The minimum Gasteiger partial charge on any atom is -0.0928 e. The zero-order chi connectivity index (χ0) is 11.9. The molecule has 0 bridgehead atoms. The number of alkyl halides is 1. The lowest BCUT2D eigenvalue weighted by molar-refractivity contribution is 0.508. The van der Waals surface area contributed by atoms with Crippen molar-refractivity contribution >= 4 is 15.9 Å². The van der Waals surface area contributed by atoms with Gasteiger partial charge in [-0.25, -0.2) is 0 Å². The van der Waals surface area contributed by atoms with Crippen molar-refractivity contribution in [1.29, 1.82) is 0 Å². The Morgan fingerprint density at radius 1 is 0.941 bits per heavy atom. The van der Waals surface area contributed by atoms with E-state index in [9.17, 15) is 0 Å². The first-order chi connectivity index (χ1) is 8.42. The molecule has 0 saturated heterocycles. The van der Waals surface area contributed by atoms with Crippen molar-refractivity contribution in [2.75, 3.05) is 5.33 Å². The summed E-state index contributed by atoms with van der Waals surface area (Å²) in [5.41, 5.74) is 1.44. The van der Waals surface area contributed by atoms with E-state index < -0.39 is 0 Å². The maximum atomic E-state index is 3.50. The third-order valence-electron chi connectivity index (χ3n) is 3.35. The minimum absolute atomic E-state index is 0.566. The Bertz CT molecular complexity index is 378. The van der Waals surface area contributed by atoms with Gasteiger partial charge in [0.15, 0.2) is 0 Å². The number of halogens is 1. The van der Waals surface area contributed by atoms with Gasteiger partial charge in [0.2, 0.25) is 0 Å². The second-order valence-corrected chi connectivity index (χ2v) is 5.35. The van der Waals surface area contributed by atoms with Crippen LogP contribution in [0.2, 0.25) is 0 Å². The second-order valence-electron chi connectivity index (χ2n) is 4.55. The van der Waals surface area contributed by atoms with Crippen molar-refractivity contribution in [3.05, 3.63) is 60.2 Å². The molecule has 90 valence electrons. The lowest BCUT2D eigenvalue weighted by Crippen LogP contribution is -2.11. The molecule has 0 aromatic heterocycles. The molecule has 0 spiro atoms. The van der Waals surface area contributed by atoms with Crippen LogP contribution in [0.15, 0.2) is 54.6 Å². The molecule has 1 aliphatic carbocycles. The van der Waals surface area contributed by atoms with Gasteiger partial charge < -0.3 is 0 Å². The van der Waals surface area contributed by atoms with Crippen molar-refractivity contribution in [2.45, 2.75) is 25.2 Å². The topological polar surface area (TPSA) is 0 Å². The van der Waals surface area contributed by atoms with Gasteiger partial charge in [0.1, 0.15) is 0 Å². The highest BCUT2D eigenvalue weighted by atomic mass is 79.9. The Balaban J connectivity index is 2.03. The second kappa shape index (κ2) is 6.80. The van der Waals surface area contributed by atoms with E-state index in [1.165, 1.54) is 24.8 Å². The predicted molar refractivity (Wildman–Crippen MR) is 78.6 cm³/mol. The van der Waals surface area contributed by atoms with Gasteiger partial charge in [-0.3, -0.25) is 0 Å². The Morgan fingerprint density at radius 2 is 1.71 bits per heavy atom. The summed E-state index contributed by atoms with van der Waals surface area (Å²) < 4.78 is 0. The third kappa shape index (κ3) is 3.57. The zero-order valence-electron chi connectivity index (χ0n) is 10.1. The fourth-order valence-electron chi connectivity index (χ4n) is 2.44. The number of hydrogen-bond donors (Lipinski definition) is 0. The molecule has 1 heteroatoms. The van der Waals surface area contributed by atoms with Crippen LogP contribution in [0.1, 0.15) is 30.7 Å². The third-order valence-corrected chi connectivity index (χ3v) is 3.92. The van der Waals surface area contributed by atoms with Crippen LogP contribution in [0.3, 0.4) is 0 Å². The Morgan fingerprint density at radius 3 is 2.47 bits per heavy atom. The molecule has 2 rings (SSSR count). The van der Waals surface area contributed by atoms with E-state index in [4.69, 9.17) is 0 Å². The summed E-state index contributed by atoms with van der Waals surface area (Å²) in [6.07, 6.45) is 12.9. The van der Waals surface area contributed by atoms with Gasteiger partial charge in [0, 0.05) is 11.2 Å². The summed E-state index contributed by atoms with van der Waals surface area (Å²) >= 11 is 3.50. The molecule has 1 aromatic rings. The number of benzene rings is 1. The maximum absolute atomic E-state index is 3.50. The normalized spacial score (nSPS) is 22.9. The number of allylic oxidation sites excluding steroid dienone is 4. The van der Waals surface area contributed by atoms with Crippen LogP contribution in [-0.4, -0.2) is 5.33 Å². The molecule has 0 heterocycles. The van der Waals surface area contributed by atoms with E-state index in [1.54, 1.807) is 0 Å². The molecule has 1 aliphatic rings. The summed E-state index contributed by atoms with van der Waals surface area (Å²) in [6.45, 7) is 0. The van der Waals surface area contributed by atoms with Crippen LogP contribution in [0.25, 0.3) is 0 Å². The number of rotatable bonds is 5.